The number of nitrogens with zero attached hydrogens (tertiary/aromatic N) is 3. The summed E-state index contributed by atoms with van der Waals surface area (Å²) in [4.78, 5) is 10.8. The Morgan fingerprint density at radius 1 is 1.31 bits per heavy atom. The minimum atomic E-state index is 0.706. The highest BCUT2D eigenvalue weighted by Crippen LogP contribution is 2.29. The molecular formula is C11H19N5. The zero-order valence-corrected chi connectivity index (χ0v) is 10.1. The first-order valence-corrected chi connectivity index (χ1v) is 5.66. The van der Waals surface area contributed by atoms with E-state index in [1.54, 1.807) is 6.33 Å². The van der Waals surface area contributed by atoms with E-state index in [1.165, 1.54) is 0 Å². The average Bonchev–Trinajstić information content (AvgIpc) is 2.59. The van der Waals surface area contributed by atoms with Gasteiger partial charge in [-0.05, 0) is 18.8 Å². The van der Waals surface area contributed by atoms with Crippen LogP contribution in [0.25, 0.3) is 0 Å². The summed E-state index contributed by atoms with van der Waals surface area (Å²) in [5.41, 5.74) is 3.62. The maximum Gasteiger partial charge on any atom is 0.148 e. The summed E-state index contributed by atoms with van der Waals surface area (Å²) < 4.78 is 0. The molecule has 1 aliphatic heterocycles. The van der Waals surface area contributed by atoms with E-state index in [9.17, 15) is 0 Å². The standard InChI is InChI=1S/C11H19N5/c1-7-4-16(5-8(7)2)11-9(3)10(15-12)13-6-14-11/h6-8H,4-5,12H2,1-3H3,(H,13,14,15). The van der Waals surface area contributed by atoms with E-state index < -0.39 is 0 Å². The highest BCUT2D eigenvalue weighted by molar-refractivity contribution is 5.57. The summed E-state index contributed by atoms with van der Waals surface area (Å²) in [6, 6.07) is 0. The summed E-state index contributed by atoms with van der Waals surface area (Å²) in [5.74, 6) is 8.54. The Labute approximate surface area is 96.0 Å². The Balaban J connectivity index is 2.28. The number of hydrogen-bond donors (Lipinski definition) is 2. The van der Waals surface area contributed by atoms with Crippen LogP contribution in [-0.4, -0.2) is 23.1 Å². The van der Waals surface area contributed by atoms with Crippen molar-refractivity contribution in [3.8, 4) is 0 Å². The predicted molar refractivity (Wildman–Crippen MR) is 65.1 cm³/mol. The molecule has 0 amide bonds. The van der Waals surface area contributed by atoms with Gasteiger partial charge in [-0.25, -0.2) is 15.8 Å². The highest BCUT2D eigenvalue weighted by atomic mass is 15.3. The molecule has 88 valence electrons. The van der Waals surface area contributed by atoms with Gasteiger partial charge in [-0.15, -0.1) is 0 Å². The molecular weight excluding hydrogens is 202 g/mol. The van der Waals surface area contributed by atoms with Gasteiger partial charge in [0.15, 0.2) is 0 Å². The lowest BCUT2D eigenvalue weighted by atomic mass is 10.0. The van der Waals surface area contributed by atoms with Crippen LogP contribution in [0.15, 0.2) is 6.33 Å². The Morgan fingerprint density at radius 3 is 2.50 bits per heavy atom. The molecule has 1 aliphatic rings. The van der Waals surface area contributed by atoms with E-state index >= 15 is 0 Å². The molecule has 0 spiro atoms. The fourth-order valence-corrected chi connectivity index (χ4v) is 2.21. The molecule has 1 fully saturated rings. The zero-order chi connectivity index (χ0) is 11.7. The fraction of sp³-hybridized carbons (Fsp3) is 0.636. The quantitative estimate of drug-likeness (QED) is 0.579. The SMILES string of the molecule is Cc1c(NN)ncnc1N1CC(C)C(C)C1. The van der Waals surface area contributed by atoms with Crippen molar-refractivity contribution < 1.29 is 0 Å². The molecule has 0 aromatic carbocycles. The van der Waals surface area contributed by atoms with Gasteiger partial charge in [0.25, 0.3) is 0 Å². The number of aromatic nitrogens is 2. The Bertz CT molecular complexity index is 369. The van der Waals surface area contributed by atoms with Crippen LogP contribution in [-0.2, 0) is 0 Å². The van der Waals surface area contributed by atoms with Crippen LogP contribution < -0.4 is 16.2 Å². The predicted octanol–water partition coefficient (Wildman–Crippen LogP) is 1.16. The van der Waals surface area contributed by atoms with E-state index in [0.29, 0.717) is 17.7 Å². The van der Waals surface area contributed by atoms with E-state index in [2.05, 4.69) is 34.1 Å². The lowest BCUT2D eigenvalue weighted by Gasteiger charge is -2.20. The number of nitrogen functional groups attached to an aromatic ring is 1. The molecule has 0 bridgehead atoms. The third kappa shape index (κ3) is 1.82. The van der Waals surface area contributed by atoms with Crippen molar-refractivity contribution in [2.75, 3.05) is 23.4 Å². The number of nitrogens with two attached hydrogens (primary N) is 1. The Hall–Kier alpha value is -1.36. The van der Waals surface area contributed by atoms with Crippen LogP contribution in [0, 0.1) is 18.8 Å². The van der Waals surface area contributed by atoms with Crippen LogP contribution in [0.3, 0.4) is 0 Å². The third-order valence-electron chi connectivity index (χ3n) is 3.48. The fourth-order valence-electron chi connectivity index (χ4n) is 2.21. The van der Waals surface area contributed by atoms with Gasteiger partial charge in [0.2, 0.25) is 0 Å². The first kappa shape index (κ1) is 11.1. The second-order valence-corrected chi connectivity index (χ2v) is 4.67. The molecule has 2 unspecified atom stereocenters. The van der Waals surface area contributed by atoms with Crippen LogP contribution in [0.4, 0.5) is 11.6 Å². The van der Waals surface area contributed by atoms with Crippen molar-refractivity contribution in [2.45, 2.75) is 20.8 Å². The van der Waals surface area contributed by atoms with Gasteiger partial charge in [0.1, 0.15) is 18.0 Å². The van der Waals surface area contributed by atoms with Crippen molar-refractivity contribution in [1.29, 1.82) is 0 Å². The lowest BCUT2D eigenvalue weighted by Crippen LogP contribution is -2.23. The topological polar surface area (TPSA) is 67.1 Å². The second kappa shape index (κ2) is 4.25. The molecule has 0 saturated carbocycles. The lowest BCUT2D eigenvalue weighted by molar-refractivity contribution is 0.494. The minimum absolute atomic E-state index is 0.706. The van der Waals surface area contributed by atoms with Gasteiger partial charge in [-0.2, -0.15) is 0 Å². The minimum Gasteiger partial charge on any atom is -0.356 e. The summed E-state index contributed by atoms with van der Waals surface area (Å²) in [6.07, 6.45) is 1.56. The van der Waals surface area contributed by atoms with Gasteiger partial charge >= 0.3 is 0 Å². The van der Waals surface area contributed by atoms with Gasteiger partial charge in [-0.3, -0.25) is 0 Å². The number of anilines is 2. The zero-order valence-electron chi connectivity index (χ0n) is 10.1. The monoisotopic (exact) mass is 221 g/mol. The molecule has 0 radical (unpaired) electrons. The first-order chi connectivity index (χ1) is 7.63. The first-order valence-electron chi connectivity index (χ1n) is 5.66. The maximum absolute atomic E-state index is 5.41. The van der Waals surface area contributed by atoms with Crippen LogP contribution in [0.5, 0.6) is 0 Å². The summed E-state index contributed by atoms with van der Waals surface area (Å²) in [7, 11) is 0. The Kier molecular flexibility index (Phi) is 2.96. The Morgan fingerprint density at radius 2 is 1.94 bits per heavy atom. The molecule has 1 aromatic rings. The third-order valence-corrected chi connectivity index (χ3v) is 3.48. The largest absolute Gasteiger partial charge is 0.356 e. The van der Waals surface area contributed by atoms with Crippen LogP contribution in [0.2, 0.25) is 0 Å². The molecule has 1 aromatic heterocycles. The number of nitrogens with one attached hydrogen (secondary N) is 1. The molecule has 16 heavy (non-hydrogen) atoms. The summed E-state index contributed by atoms with van der Waals surface area (Å²) in [5, 5.41) is 0. The highest BCUT2D eigenvalue weighted by Gasteiger charge is 2.28. The van der Waals surface area contributed by atoms with Crippen LogP contribution >= 0.6 is 0 Å². The molecule has 2 atom stereocenters. The van der Waals surface area contributed by atoms with Gasteiger partial charge in [0.05, 0.1) is 0 Å². The normalized spacial score (nSPS) is 24.9. The molecule has 5 nitrogen and oxygen atoms in total. The van der Waals surface area contributed by atoms with E-state index in [-0.39, 0.29) is 0 Å². The summed E-state index contributed by atoms with van der Waals surface area (Å²) >= 11 is 0. The number of hydrogen-bond acceptors (Lipinski definition) is 5. The number of hydrazine groups is 1. The molecule has 2 heterocycles. The smallest absolute Gasteiger partial charge is 0.148 e. The second-order valence-electron chi connectivity index (χ2n) is 4.67. The van der Waals surface area contributed by atoms with Crippen molar-refractivity contribution in [2.24, 2.45) is 17.7 Å². The van der Waals surface area contributed by atoms with Gasteiger partial charge in [0, 0.05) is 18.7 Å². The van der Waals surface area contributed by atoms with Crippen molar-refractivity contribution >= 4 is 11.6 Å². The molecule has 1 saturated heterocycles. The number of rotatable bonds is 2. The average molecular weight is 221 g/mol. The van der Waals surface area contributed by atoms with Gasteiger partial charge < -0.3 is 10.3 Å². The molecule has 5 heteroatoms. The van der Waals surface area contributed by atoms with Crippen molar-refractivity contribution in [1.82, 2.24) is 9.97 Å². The van der Waals surface area contributed by atoms with Crippen molar-refractivity contribution in [3.63, 3.8) is 0 Å². The van der Waals surface area contributed by atoms with Crippen molar-refractivity contribution in [3.05, 3.63) is 11.9 Å². The molecule has 3 N–H and O–H groups in total. The maximum atomic E-state index is 5.41. The van der Waals surface area contributed by atoms with E-state index in [1.807, 2.05) is 6.92 Å². The molecule has 0 aliphatic carbocycles. The van der Waals surface area contributed by atoms with Crippen LogP contribution in [0.1, 0.15) is 19.4 Å². The van der Waals surface area contributed by atoms with Gasteiger partial charge in [-0.1, -0.05) is 13.8 Å². The molecule has 2 rings (SSSR count). The van der Waals surface area contributed by atoms with E-state index in [4.69, 9.17) is 5.84 Å². The summed E-state index contributed by atoms with van der Waals surface area (Å²) in [6.45, 7) is 8.68. The van der Waals surface area contributed by atoms with E-state index in [0.717, 1.165) is 24.5 Å².